The van der Waals surface area contributed by atoms with E-state index in [-0.39, 0.29) is 24.2 Å². The highest BCUT2D eigenvalue weighted by Crippen LogP contribution is 2.20. The molecule has 0 saturated carbocycles. The Morgan fingerprint density at radius 2 is 2.17 bits per heavy atom. The van der Waals surface area contributed by atoms with E-state index in [0.717, 1.165) is 18.5 Å². The summed E-state index contributed by atoms with van der Waals surface area (Å²) in [6, 6.07) is 7.10. The minimum atomic E-state index is 0.106. The number of hydrogen-bond acceptors (Lipinski definition) is 3. The molecule has 18 heavy (non-hydrogen) atoms. The van der Waals surface area contributed by atoms with Gasteiger partial charge in [-0.3, -0.25) is 4.79 Å². The number of aromatic hydroxyl groups is 1. The molecule has 4 heteroatoms. The zero-order valence-electron chi connectivity index (χ0n) is 10.4. The lowest BCUT2D eigenvalue weighted by molar-refractivity contribution is -0.130. The first kappa shape index (κ1) is 12.9. The number of rotatable bonds is 4. The minimum Gasteiger partial charge on any atom is -0.508 e. The van der Waals surface area contributed by atoms with Crippen molar-refractivity contribution >= 4 is 5.91 Å². The Morgan fingerprint density at radius 3 is 2.83 bits per heavy atom. The lowest BCUT2D eigenvalue weighted by Crippen LogP contribution is -2.29. The van der Waals surface area contributed by atoms with Crippen LogP contribution in [0.25, 0.3) is 0 Å². The monoisotopic (exact) mass is 249 g/mol. The van der Waals surface area contributed by atoms with Crippen LogP contribution in [0.2, 0.25) is 0 Å². The third-order valence-corrected chi connectivity index (χ3v) is 3.50. The molecule has 2 N–H and O–H groups in total. The maximum Gasteiger partial charge on any atom is 0.222 e. The van der Waals surface area contributed by atoms with Crippen LogP contribution in [0.15, 0.2) is 24.3 Å². The minimum absolute atomic E-state index is 0.106. The zero-order valence-corrected chi connectivity index (χ0v) is 10.4. The molecule has 2 rings (SSSR count). The molecule has 1 atom stereocenters. The van der Waals surface area contributed by atoms with Gasteiger partial charge in [0.15, 0.2) is 0 Å². The van der Waals surface area contributed by atoms with Gasteiger partial charge < -0.3 is 15.1 Å². The maximum atomic E-state index is 12.0. The number of aliphatic hydroxyl groups is 1. The van der Waals surface area contributed by atoms with E-state index in [1.165, 1.54) is 0 Å². The van der Waals surface area contributed by atoms with Crippen molar-refractivity contribution in [3.63, 3.8) is 0 Å². The van der Waals surface area contributed by atoms with Crippen molar-refractivity contribution in [2.75, 3.05) is 19.7 Å². The second kappa shape index (κ2) is 5.87. The number of aryl methyl sites for hydroxylation is 1. The topological polar surface area (TPSA) is 60.8 Å². The lowest BCUT2D eigenvalue weighted by Gasteiger charge is -2.16. The number of likely N-dealkylation sites (tertiary alicyclic amines) is 1. The third-order valence-electron chi connectivity index (χ3n) is 3.50. The van der Waals surface area contributed by atoms with E-state index in [4.69, 9.17) is 5.11 Å². The third kappa shape index (κ3) is 3.01. The number of hydrogen-bond donors (Lipinski definition) is 2. The Labute approximate surface area is 107 Å². The van der Waals surface area contributed by atoms with Crippen LogP contribution in [0.3, 0.4) is 0 Å². The van der Waals surface area contributed by atoms with Crippen LogP contribution in [0, 0.1) is 5.92 Å². The summed E-state index contributed by atoms with van der Waals surface area (Å²) >= 11 is 0. The first-order chi connectivity index (χ1) is 8.70. The van der Waals surface area contributed by atoms with Crippen LogP contribution in [-0.2, 0) is 11.2 Å². The van der Waals surface area contributed by atoms with Crippen molar-refractivity contribution < 1.29 is 15.0 Å². The van der Waals surface area contributed by atoms with Crippen molar-refractivity contribution in [2.45, 2.75) is 19.3 Å². The first-order valence-electron chi connectivity index (χ1n) is 6.36. The normalized spacial score (nSPS) is 19.2. The number of nitrogens with zero attached hydrogens (tertiary/aromatic N) is 1. The van der Waals surface area contributed by atoms with Crippen molar-refractivity contribution in [3.8, 4) is 5.75 Å². The molecule has 0 spiro atoms. The van der Waals surface area contributed by atoms with Crippen LogP contribution in [-0.4, -0.2) is 40.7 Å². The highest BCUT2D eigenvalue weighted by atomic mass is 16.3. The smallest absolute Gasteiger partial charge is 0.222 e. The Bertz CT molecular complexity index is 419. The molecule has 0 radical (unpaired) electrons. The summed E-state index contributed by atoms with van der Waals surface area (Å²) in [7, 11) is 0. The number of para-hydroxylation sites is 1. The largest absolute Gasteiger partial charge is 0.508 e. The van der Waals surface area contributed by atoms with Crippen LogP contribution >= 0.6 is 0 Å². The molecule has 1 aliphatic heterocycles. The van der Waals surface area contributed by atoms with Gasteiger partial charge in [0.2, 0.25) is 5.91 Å². The predicted molar refractivity (Wildman–Crippen MR) is 68.2 cm³/mol. The summed E-state index contributed by atoms with van der Waals surface area (Å²) in [6.07, 6.45) is 1.86. The summed E-state index contributed by atoms with van der Waals surface area (Å²) in [5.41, 5.74) is 0.809. The molecule has 1 saturated heterocycles. The van der Waals surface area contributed by atoms with E-state index >= 15 is 0 Å². The molecule has 0 bridgehead atoms. The maximum absolute atomic E-state index is 12.0. The van der Waals surface area contributed by atoms with Gasteiger partial charge in [-0.2, -0.15) is 0 Å². The first-order valence-corrected chi connectivity index (χ1v) is 6.36. The standard InChI is InChI=1S/C14H19NO3/c16-10-11-7-8-15(9-11)14(18)6-5-12-3-1-2-4-13(12)17/h1-4,11,16-17H,5-10H2. The number of phenolic OH excluding ortho intramolecular Hbond substituents is 1. The van der Waals surface area contributed by atoms with Gasteiger partial charge in [-0.25, -0.2) is 0 Å². The van der Waals surface area contributed by atoms with Gasteiger partial charge >= 0.3 is 0 Å². The SMILES string of the molecule is O=C(CCc1ccccc1O)N1CCC(CO)C1. The quantitative estimate of drug-likeness (QED) is 0.842. The number of benzene rings is 1. The molecular weight excluding hydrogens is 230 g/mol. The Balaban J connectivity index is 1.84. The fourth-order valence-corrected chi connectivity index (χ4v) is 2.33. The second-order valence-electron chi connectivity index (χ2n) is 4.81. The van der Waals surface area contributed by atoms with E-state index in [2.05, 4.69) is 0 Å². The zero-order chi connectivity index (χ0) is 13.0. The number of carbonyl (C=O) groups excluding carboxylic acids is 1. The van der Waals surface area contributed by atoms with Crippen molar-refractivity contribution in [1.82, 2.24) is 4.90 Å². The predicted octanol–water partition coefficient (Wildman–Crippen LogP) is 1.17. The highest BCUT2D eigenvalue weighted by Gasteiger charge is 2.25. The van der Waals surface area contributed by atoms with Crippen LogP contribution < -0.4 is 0 Å². The number of amides is 1. The van der Waals surface area contributed by atoms with Gasteiger partial charge in [0.1, 0.15) is 5.75 Å². The van der Waals surface area contributed by atoms with Gasteiger partial charge in [0.05, 0.1) is 0 Å². The summed E-state index contributed by atoms with van der Waals surface area (Å²) in [5.74, 6) is 0.591. The van der Waals surface area contributed by atoms with E-state index in [1.54, 1.807) is 17.0 Å². The summed E-state index contributed by atoms with van der Waals surface area (Å²) < 4.78 is 0. The fraction of sp³-hybridized carbons (Fsp3) is 0.500. The molecule has 98 valence electrons. The molecule has 4 nitrogen and oxygen atoms in total. The van der Waals surface area contributed by atoms with E-state index in [0.29, 0.717) is 19.4 Å². The molecule has 1 unspecified atom stereocenters. The van der Waals surface area contributed by atoms with Crippen molar-refractivity contribution in [3.05, 3.63) is 29.8 Å². The summed E-state index contributed by atoms with van der Waals surface area (Å²) in [4.78, 5) is 13.8. The number of carbonyl (C=O) groups is 1. The average Bonchev–Trinajstić information content (AvgIpc) is 2.86. The summed E-state index contributed by atoms with van der Waals surface area (Å²) in [5, 5.41) is 18.6. The molecule has 1 aromatic carbocycles. The average molecular weight is 249 g/mol. The van der Waals surface area contributed by atoms with Crippen molar-refractivity contribution in [1.29, 1.82) is 0 Å². The molecule has 1 aliphatic rings. The Hall–Kier alpha value is -1.55. The summed E-state index contributed by atoms with van der Waals surface area (Å²) in [6.45, 7) is 1.56. The van der Waals surface area contributed by atoms with Gasteiger partial charge in [0, 0.05) is 32.0 Å². The molecule has 1 heterocycles. The highest BCUT2D eigenvalue weighted by molar-refractivity contribution is 5.76. The molecular formula is C14H19NO3. The van der Waals surface area contributed by atoms with Crippen molar-refractivity contribution in [2.24, 2.45) is 5.92 Å². The molecule has 0 aromatic heterocycles. The van der Waals surface area contributed by atoms with E-state index in [1.807, 2.05) is 12.1 Å². The Morgan fingerprint density at radius 1 is 1.39 bits per heavy atom. The fourth-order valence-electron chi connectivity index (χ4n) is 2.33. The molecule has 0 aliphatic carbocycles. The van der Waals surface area contributed by atoms with Gasteiger partial charge in [-0.05, 0) is 24.5 Å². The number of aliphatic hydroxyl groups excluding tert-OH is 1. The molecule has 1 aromatic rings. The van der Waals surface area contributed by atoms with Gasteiger partial charge in [-0.15, -0.1) is 0 Å². The molecule has 1 fully saturated rings. The van der Waals surface area contributed by atoms with E-state index in [9.17, 15) is 9.90 Å². The lowest BCUT2D eigenvalue weighted by atomic mass is 10.1. The molecule has 1 amide bonds. The van der Waals surface area contributed by atoms with E-state index < -0.39 is 0 Å². The van der Waals surface area contributed by atoms with Gasteiger partial charge in [-0.1, -0.05) is 18.2 Å². The number of phenols is 1. The second-order valence-corrected chi connectivity index (χ2v) is 4.81. The van der Waals surface area contributed by atoms with Crippen LogP contribution in [0.4, 0.5) is 0 Å². The van der Waals surface area contributed by atoms with Gasteiger partial charge in [0.25, 0.3) is 0 Å². The van der Waals surface area contributed by atoms with Crippen LogP contribution in [0.5, 0.6) is 5.75 Å². The Kier molecular flexibility index (Phi) is 4.20. The van der Waals surface area contributed by atoms with Crippen LogP contribution in [0.1, 0.15) is 18.4 Å².